The number of nitro benzene ring substituents is 1. The van der Waals surface area contributed by atoms with E-state index in [0.717, 1.165) is 11.1 Å². The highest BCUT2D eigenvalue weighted by atomic mass is 16.6. The minimum Gasteiger partial charge on any atom is -0.496 e. The number of ether oxygens (including phenoxy) is 1. The first kappa shape index (κ1) is 15.5. The van der Waals surface area contributed by atoms with Gasteiger partial charge in [-0.25, -0.2) is 0 Å². The Hall–Kier alpha value is -2.89. The molecule has 0 aromatic heterocycles. The van der Waals surface area contributed by atoms with E-state index >= 15 is 0 Å². The van der Waals surface area contributed by atoms with Gasteiger partial charge in [0.25, 0.3) is 5.69 Å². The van der Waals surface area contributed by atoms with Crippen molar-refractivity contribution in [2.45, 2.75) is 13.0 Å². The Labute approximate surface area is 127 Å². The fourth-order valence-corrected chi connectivity index (χ4v) is 2.02. The molecule has 0 saturated carbocycles. The number of non-ortho nitro benzene ring substituents is 1. The van der Waals surface area contributed by atoms with Crippen molar-refractivity contribution in [2.24, 2.45) is 0 Å². The number of nitrogens with one attached hydrogen (secondary N) is 1. The molecule has 2 rings (SSSR count). The SMILES string of the molecule is COc1ccccc1CC(=O)NCc1ccc([N+](=O)[O-])cc1. The largest absolute Gasteiger partial charge is 0.496 e. The smallest absolute Gasteiger partial charge is 0.269 e. The van der Waals surface area contributed by atoms with Gasteiger partial charge in [-0.2, -0.15) is 0 Å². The van der Waals surface area contributed by atoms with Gasteiger partial charge >= 0.3 is 0 Å². The summed E-state index contributed by atoms with van der Waals surface area (Å²) in [6.07, 6.45) is 0.219. The lowest BCUT2D eigenvalue weighted by molar-refractivity contribution is -0.384. The van der Waals surface area contributed by atoms with Crippen molar-refractivity contribution >= 4 is 11.6 Å². The third-order valence-corrected chi connectivity index (χ3v) is 3.18. The number of carbonyl (C=O) groups excluding carboxylic acids is 1. The molecule has 0 aliphatic rings. The van der Waals surface area contributed by atoms with Crippen molar-refractivity contribution in [1.29, 1.82) is 0 Å². The van der Waals surface area contributed by atoms with Crippen molar-refractivity contribution in [1.82, 2.24) is 5.32 Å². The van der Waals surface area contributed by atoms with Crippen LogP contribution in [0.15, 0.2) is 48.5 Å². The zero-order valence-corrected chi connectivity index (χ0v) is 12.1. The summed E-state index contributed by atoms with van der Waals surface area (Å²) in [6.45, 7) is 0.325. The van der Waals surface area contributed by atoms with Crippen LogP contribution in [0.5, 0.6) is 5.75 Å². The van der Waals surface area contributed by atoms with Gasteiger partial charge in [0.2, 0.25) is 5.91 Å². The van der Waals surface area contributed by atoms with Gasteiger partial charge in [0.05, 0.1) is 18.5 Å². The lowest BCUT2D eigenvalue weighted by Gasteiger charge is -2.09. The minimum absolute atomic E-state index is 0.0316. The first-order chi connectivity index (χ1) is 10.6. The molecular formula is C16H16N2O4. The number of nitro groups is 1. The Bertz CT molecular complexity index is 668. The first-order valence-corrected chi connectivity index (χ1v) is 6.72. The zero-order chi connectivity index (χ0) is 15.9. The quantitative estimate of drug-likeness (QED) is 0.656. The van der Waals surface area contributed by atoms with Crippen LogP contribution in [0.3, 0.4) is 0 Å². The van der Waals surface area contributed by atoms with E-state index in [1.165, 1.54) is 12.1 Å². The Morgan fingerprint density at radius 1 is 1.18 bits per heavy atom. The van der Waals surface area contributed by atoms with E-state index in [1.54, 1.807) is 25.3 Å². The molecule has 0 radical (unpaired) electrons. The second kappa shape index (κ2) is 7.21. The minimum atomic E-state index is -0.454. The first-order valence-electron chi connectivity index (χ1n) is 6.72. The number of carbonyl (C=O) groups is 1. The van der Waals surface area contributed by atoms with Crippen LogP contribution in [-0.4, -0.2) is 17.9 Å². The molecule has 6 nitrogen and oxygen atoms in total. The molecule has 0 unspecified atom stereocenters. The van der Waals surface area contributed by atoms with E-state index in [9.17, 15) is 14.9 Å². The molecule has 0 fully saturated rings. The monoisotopic (exact) mass is 300 g/mol. The highest BCUT2D eigenvalue weighted by molar-refractivity contribution is 5.79. The second-order valence-corrected chi connectivity index (χ2v) is 4.69. The molecule has 0 spiro atoms. The number of hydrogen-bond donors (Lipinski definition) is 1. The molecule has 0 atom stereocenters. The standard InChI is InChI=1S/C16H16N2O4/c1-22-15-5-3-2-4-13(15)10-16(19)17-11-12-6-8-14(9-7-12)18(20)21/h2-9H,10-11H2,1H3,(H,17,19). The molecule has 6 heteroatoms. The molecule has 22 heavy (non-hydrogen) atoms. The number of methoxy groups -OCH3 is 1. The highest BCUT2D eigenvalue weighted by Crippen LogP contribution is 2.17. The van der Waals surface area contributed by atoms with Crippen molar-refractivity contribution in [3.8, 4) is 5.75 Å². The number of nitrogens with zero attached hydrogens (tertiary/aromatic N) is 1. The fourth-order valence-electron chi connectivity index (χ4n) is 2.02. The summed E-state index contributed by atoms with van der Waals surface area (Å²) in [5.74, 6) is 0.538. The number of amides is 1. The molecule has 1 N–H and O–H groups in total. The summed E-state index contributed by atoms with van der Waals surface area (Å²) in [6, 6.07) is 13.4. The van der Waals surface area contributed by atoms with E-state index in [1.807, 2.05) is 18.2 Å². The summed E-state index contributed by atoms with van der Waals surface area (Å²) in [7, 11) is 1.56. The topological polar surface area (TPSA) is 81.5 Å². The lowest BCUT2D eigenvalue weighted by atomic mass is 10.1. The number of rotatable bonds is 6. The average Bonchev–Trinajstić information content (AvgIpc) is 2.54. The van der Waals surface area contributed by atoms with Gasteiger partial charge in [0, 0.05) is 24.2 Å². The summed E-state index contributed by atoms with van der Waals surface area (Å²) in [4.78, 5) is 22.1. The van der Waals surface area contributed by atoms with E-state index < -0.39 is 4.92 Å². The molecular weight excluding hydrogens is 284 g/mol. The predicted octanol–water partition coefficient (Wildman–Crippen LogP) is 2.46. The predicted molar refractivity (Wildman–Crippen MR) is 81.6 cm³/mol. The van der Waals surface area contributed by atoms with Gasteiger partial charge < -0.3 is 10.1 Å². The van der Waals surface area contributed by atoms with Gasteiger partial charge in [-0.3, -0.25) is 14.9 Å². The zero-order valence-electron chi connectivity index (χ0n) is 12.1. The number of para-hydroxylation sites is 1. The molecule has 0 heterocycles. The van der Waals surface area contributed by atoms with E-state index in [2.05, 4.69) is 5.32 Å². The normalized spacial score (nSPS) is 10.0. The number of hydrogen-bond acceptors (Lipinski definition) is 4. The van der Waals surface area contributed by atoms with Crippen LogP contribution >= 0.6 is 0 Å². The van der Waals surface area contributed by atoms with Gasteiger partial charge in [-0.05, 0) is 11.6 Å². The van der Waals surface area contributed by atoms with Crippen LogP contribution in [0.1, 0.15) is 11.1 Å². The van der Waals surface area contributed by atoms with Crippen LogP contribution < -0.4 is 10.1 Å². The van der Waals surface area contributed by atoms with E-state index in [-0.39, 0.29) is 18.0 Å². The maximum absolute atomic E-state index is 12.0. The fraction of sp³-hybridized carbons (Fsp3) is 0.188. The molecule has 114 valence electrons. The third kappa shape index (κ3) is 4.05. The van der Waals surface area contributed by atoms with Gasteiger partial charge in [0.15, 0.2) is 0 Å². The molecule has 2 aromatic carbocycles. The molecule has 0 aliphatic carbocycles. The Morgan fingerprint density at radius 2 is 1.86 bits per heavy atom. The van der Waals surface area contributed by atoms with Gasteiger partial charge in [-0.1, -0.05) is 30.3 Å². The van der Waals surface area contributed by atoms with Crippen LogP contribution in [0.25, 0.3) is 0 Å². The maximum atomic E-state index is 12.0. The van der Waals surface area contributed by atoms with Crippen LogP contribution in [-0.2, 0) is 17.8 Å². The maximum Gasteiger partial charge on any atom is 0.269 e. The summed E-state index contributed by atoms with van der Waals surface area (Å²) >= 11 is 0. The second-order valence-electron chi connectivity index (χ2n) is 4.69. The van der Waals surface area contributed by atoms with Crippen LogP contribution in [0.2, 0.25) is 0 Å². The lowest BCUT2D eigenvalue weighted by Crippen LogP contribution is -2.24. The van der Waals surface area contributed by atoms with Crippen LogP contribution in [0, 0.1) is 10.1 Å². The van der Waals surface area contributed by atoms with Crippen LogP contribution in [0.4, 0.5) is 5.69 Å². The Morgan fingerprint density at radius 3 is 2.50 bits per heavy atom. The van der Waals surface area contributed by atoms with Crippen molar-refractivity contribution in [2.75, 3.05) is 7.11 Å². The van der Waals surface area contributed by atoms with E-state index in [0.29, 0.717) is 12.3 Å². The Balaban J connectivity index is 1.91. The van der Waals surface area contributed by atoms with Gasteiger partial charge in [-0.15, -0.1) is 0 Å². The van der Waals surface area contributed by atoms with Crippen molar-refractivity contribution in [3.63, 3.8) is 0 Å². The van der Waals surface area contributed by atoms with Crippen molar-refractivity contribution < 1.29 is 14.5 Å². The highest BCUT2D eigenvalue weighted by Gasteiger charge is 2.08. The summed E-state index contributed by atoms with van der Waals surface area (Å²) in [5.41, 5.74) is 1.65. The molecule has 0 bridgehead atoms. The Kier molecular flexibility index (Phi) is 5.08. The molecule has 0 aliphatic heterocycles. The van der Waals surface area contributed by atoms with E-state index in [4.69, 9.17) is 4.74 Å². The third-order valence-electron chi connectivity index (χ3n) is 3.18. The summed E-state index contributed by atoms with van der Waals surface area (Å²) < 4.78 is 5.20. The molecule has 0 saturated heterocycles. The molecule has 2 aromatic rings. The van der Waals surface area contributed by atoms with Crippen molar-refractivity contribution in [3.05, 3.63) is 69.8 Å². The molecule has 1 amide bonds. The average molecular weight is 300 g/mol. The van der Waals surface area contributed by atoms with Gasteiger partial charge in [0.1, 0.15) is 5.75 Å². The number of benzene rings is 2. The summed E-state index contributed by atoms with van der Waals surface area (Å²) in [5, 5.41) is 13.3.